The number of hydrogen-bond donors (Lipinski definition) is 2. The molecule has 5 nitrogen and oxygen atoms in total. The second kappa shape index (κ2) is 10.2. The number of ether oxygens (including phenoxy) is 2. The lowest BCUT2D eigenvalue weighted by Crippen LogP contribution is -2.34. The summed E-state index contributed by atoms with van der Waals surface area (Å²) >= 11 is 5.21. The van der Waals surface area contributed by atoms with Gasteiger partial charge in [0.15, 0.2) is 5.11 Å². The number of carbonyl (C=O) groups excluding carboxylic acids is 1. The fraction of sp³-hybridized carbons (Fsp3) is 0.130. The molecule has 0 aromatic heterocycles. The van der Waals surface area contributed by atoms with E-state index in [9.17, 15) is 4.79 Å². The van der Waals surface area contributed by atoms with Gasteiger partial charge in [-0.1, -0.05) is 36.4 Å². The third-order valence-corrected chi connectivity index (χ3v) is 4.38. The largest absolute Gasteiger partial charge is 0.497 e. The van der Waals surface area contributed by atoms with Gasteiger partial charge >= 0.3 is 0 Å². The summed E-state index contributed by atoms with van der Waals surface area (Å²) in [5, 5.41) is 5.85. The lowest BCUT2D eigenvalue weighted by molar-refractivity contribution is 0.0977. The minimum Gasteiger partial charge on any atom is -0.497 e. The number of methoxy groups -OCH3 is 1. The molecule has 0 saturated heterocycles. The zero-order valence-electron chi connectivity index (χ0n) is 16.1. The summed E-state index contributed by atoms with van der Waals surface area (Å²) in [6.07, 6.45) is 0.827. The molecule has 3 rings (SSSR count). The van der Waals surface area contributed by atoms with Gasteiger partial charge in [0.25, 0.3) is 5.91 Å². The average Bonchev–Trinajstić information content (AvgIpc) is 2.75. The molecule has 1 amide bonds. The summed E-state index contributed by atoms with van der Waals surface area (Å²) in [4.78, 5) is 12.4. The van der Waals surface area contributed by atoms with Gasteiger partial charge in [0, 0.05) is 23.7 Å². The number of carbonyl (C=O) groups is 1. The van der Waals surface area contributed by atoms with Crippen LogP contribution in [0.15, 0.2) is 78.9 Å². The molecule has 148 valence electrons. The highest BCUT2D eigenvalue weighted by molar-refractivity contribution is 7.80. The van der Waals surface area contributed by atoms with Gasteiger partial charge in [-0.2, -0.15) is 0 Å². The van der Waals surface area contributed by atoms with Gasteiger partial charge in [0.05, 0.1) is 13.7 Å². The van der Waals surface area contributed by atoms with Crippen LogP contribution in [-0.4, -0.2) is 24.7 Å². The molecule has 0 spiro atoms. The highest BCUT2D eigenvalue weighted by Gasteiger charge is 2.08. The number of anilines is 1. The van der Waals surface area contributed by atoms with E-state index in [-0.39, 0.29) is 11.0 Å². The normalized spacial score (nSPS) is 10.1. The SMILES string of the molecule is COc1cccc(NC(=S)NC(=O)c2ccc(OCCc3ccccc3)cc2)c1. The molecule has 3 aromatic rings. The van der Waals surface area contributed by atoms with Crippen LogP contribution in [0.25, 0.3) is 0 Å². The second-order valence-electron chi connectivity index (χ2n) is 6.25. The molecular formula is C23H22N2O3S. The predicted molar refractivity (Wildman–Crippen MR) is 119 cm³/mol. The Kier molecular flexibility index (Phi) is 7.19. The molecule has 2 N–H and O–H groups in total. The summed E-state index contributed by atoms with van der Waals surface area (Å²) in [5.74, 6) is 1.13. The predicted octanol–water partition coefficient (Wildman–Crippen LogP) is 4.44. The summed E-state index contributed by atoms with van der Waals surface area (Å²) in [6, 6.07) is 24.4. The Morgan fingerprint density at radius 2 is 1.69 bits per heavy atom. The fourth-order valence-electron chi connectivity index (χ4n) is 2.67. The maximum atomic E-state index is 12.4. The Bertz CT molecular complexity index is 959. The van der Waals surface area contributed by atoms with Gasteiger partial charge in [-0.05, 0) is 54.2 Å². The molecule has 0 aliphatic heterocycles. The first kappa shape index (κ1) is 20.4. The minimum absolute atomic E-state index is 0.214. The van der Waals surface area contributed by atoms with Crippen molar-refractivity contribution in [1.29, 1.82) is 0 Å². The summed E-state index contributed by atoms with van der Waals surface area (Å²) < 4.78 is 10.9. The molecular weight excluding hydrogens is 384 g/mol. The number of rotatable bonds is 7. The van der Waals surface area contributed by atoms with Crippen LogP contribution in [0, 0.1) is 0 Å². The smallest absolute Gasteiger partial charge is 0.257 e. The Morgan fingerprint density at radius 1 is 0.931 bits per heavy atom. The van der Waals surface area contributed by atoms with Crippen molar-refractivity contribution >= 4 is 28.9 Å². The van der Waals surface area contributed by atoms with Crippen molar-refractivity contribution in [2.24, 2.45) is 0 Å². The minimum atomic E-state index is -0.291. The Labute approximate surface area is 175 Å². The molecule has 6 heteroatoms. The first-order valence-electron chi connectivity index (χ1n) is 9.17. The van der Waals surface area contributed by atoms with E-state index in [1.165, 1.54) is 5.56 Å². The standard InChI is InChI=1S/C23H22N2O3S/c1-27-21-9-5-8-19(16-21)24-23(29)25-22(26)18-10-12-20(13-11-18)28-15-14-17-6-3-2-4-7-17/h2-13,16H,14-15H2,1H3,(H2,24,25,26,29). The van der Waals surface area contributed by atoms with Crippen molar-refractivity contribution in [3.63, 3.8) is 0 Å². The Morgan fingerprint density at radius 3 is 2.41 bits per heavy atom. The Balaban J connectivity index is 1.48. The molecule has 0 fully saturated rings. The van der Waals surface area contributed by atoms with E-state index in [4.69, 9.17) is 21.7 Å². The van der Waals surface area contributed by atoms with Crippen LogP contribution < -0.4 is 20.1 Å². The van der Waals surface area contributed by atoms with Crippen molar-refractivity contribution in [3.05, 3.63) is 90.0 Å². The van der Waals surface area contributed by atoms with E-state index in [2.05, 4.69) is 22.8 Å². The molecule has 0 heterocycles. The summed E-state index contributed by atoms with van der Waals surface area (Å²) in [6.45, 7) is 0.574. The Hall–Kier alpha value is -3.38. The van der Waals surface area contributed by atoms with Gasteiger partial charge in [-0.3, -0.25) is 10.1 Å². The molecule has 0 atom stereocenters. The molecule has 0 unspecified atom stereocenters. The molecule has 0 aliphatic carbocycles. The lowest BCUT2D eigenvalue weighted by Gasteiger charge is -2.11. The quantitative estimate of drug-likeness (QED) is 0.568. The summed E-state index contributed by atoms with van der Waals surface area (Å²) in [7, 11) is 1.59. The van der Waals surface area contributed by atoms with E-state index in [1.54, 1.807) is 37.4 Å². The van der Waals surface area contributed by atoms with E-state index in [0.29, 0.717) is 17.9 Å². The highest BCUT2D eigenvalue weighted by atomic mass is 32.1. The van der Waals surface area contributed by atoms with Crippen LogP contribution >= 0.6 is 12.2 Å². The third kappa shape index (κ3) is 6.33. The van der Waals surface area contributed by atoms with Crippen molar-refractivity contribution in [1.82, 2.24) is 5.32 Å². The third-order valence-electron chi connectivity index (χ3n) is 4.17. The summed E-state index contributed by atoms with van der Waals surface area (Å²) in [5.41, 5.74) is 2.45. The topological polar surface area (TPSA) is 59.6 Å². The highest BCUT2D eigenvalue weighted by Crippen LogP contribution is 2.17. The lowest BCUT2D eigenvalue weighted by atomic mass is 10.2. The molecule has 3 aromatic carbocycles. The maximum absolute atomic E-state index is 12.4. The molecule has 29 heavy (non-hydrogen) atoms. The number of hydrogen-bond acceptors (Lipinski definition) is 4. The zero-order chi connectivity index (χ0) is 20.5. The number of thiocarbonyl (C=S) groups is 1. The van der Waals surface area contributed by atoms with E-state index < -0.39 is 0 Å². The fourth-order valence-corrected chi connectivity index (χ4v) is 2.88. The van der Waals surface area contributed by atoms with Crippen LogP contribution in [-0.2, 0) is 6.42 Å². The van der Waals surface area contributed by atoms with E-state index in [0.717, 1.165) is 17.9 Å². The molecule has 0 saturated carbocycles. The number of benzene rings is 3. The van der Waals surface area contributed by atoms with Crippen LogP contribution in [0.2, 0.25) is 0 Å². The van der Waals surface area contributed by atoms with Gasteiger partial charge in [0.2, 0.25) is 0 Å². The van der Waals surface area contributed by atoms with Crippen LogP contribution in [0.3, 0.4) is 0 Å². The van der Waals surface area contributed by atoms with Gasteiger partial charge in [-0.15, -0.1) is 0 Å². The number of nitrogens with one attached hydrogen (secondary N) is 2. The zero-order valence-corrected chi connectivity index (χ0v) is 16.9. The van der Waals surface area contributed by atoms with E-state index in [1.807, 2.05) is 36.4 Å². The molecule has 0 aliphatic rings. The first-order chi connectivity index (χ1) is 14.1. The van der Waals surface area contributed by atoms with Crippen molar-refractivity contribution < 1.29 is 14.3 Å². The van der Waals surface area contributed by atoms with Crippen molar-refractivity contribution in [2.45, 2.75) is 6.42 Å². The van der Waals surface area contributed by atoms with Crippen LogP contribution in [0.4, 0.5) is 5.69 Å². The monoisotopic (exact) mass is 406 g/mol. The van der Waals surface area contributed by atoms with Gasteiger partial charge in [-0.25, -0.2) is 0 Å². The van der Waals surface area contributed by atoms with Crippen LogP contribution in [0.5, 0.6) is 11.5 Å². The van der Waals surface area contributed by atoms with Crippen molar-refractivity contribution in [3.8, 4) is 11.5 Å². The molecule has 0 bridgehead atoms. The van der Waals surface area contributed by atoms with Gasteiger partial charge in [0.1, 0.15) is 11.5 Å². The second-order valence-corrected chi connectivity index (χ2v) is 6.66. The van der Waals surface area contributed by atoms with Crippen molar-refractivity contribution in [2.75, 3.05) is 19.0 Å². The molecule has 0 radical (unpaired) electrons. The first-order valence-corrected chi connectivity index (χ1v) is 9.58. The maximum Gasteiger partial charge on any atom is 0.257 e. The van der Waals surface area contributed by atoms with Crippen LogP contribution in [0.1, 0.15) is 15.9 Å². The number of amides is 1. The van der Waals surface area contributed by atoms with E-state index >= 15 is 0 Å². The van der Waals surface area contributed by atoms with Gasteiger partial charge < -0.3 is 14.8 Å². The average molecular weight is 407 g/mol.